The molecule has 12 heavy (non-hydrogen) atoms. The van der Waals surface area contributed by atoms with Crippen LogP contribution in [0.25, 0.3) is 0 Å². The largest absolute Gasteiger partial charge is 0.303 e. The summed E-state index contributed by atoms with van der Waals surface area (Å²) in [6.07, 6.45) is 6.62. The molecule has 0 spiro atoms. The zero-order chi connectivity index (χ0) is 9.23. The van der Waals surface area contributed by atoms with E-state index in [2.05, 4.69) is 13.0 Å². The van der Waals surface area contributed by atoms with Crippen molar-refractivity contribution in [3.8, 4) is 6.07 Å². The molecular formula is C10H17NO. The van der Waals surface area contributed by atoms with E-state index in [1.165, 1.54) is 0 Å². The van der Waals surface area contributed by atoms with Gasteiger partial charge in [-0.3, -0.25) is 0 Å². The van der Waals surface area contributed by atoms with E-state index in [1.54, 1.807) is 0 Å². The molecule has 2 heteroatoms. The number of carbonyl (C=O) groups is 1. The summed E-state index contributed by atoms with van der Waals surface area (Å²) in [5, 5.41) is 8.29. The smallest absolute Gasteiger partial charge is 0.123 e. The van der Waals surface area contributed by atoms with Crippen LogP contribution in [0.15, 0.2) is 0 Å². The third-order valence-electron chi connectivity index (χ3n) is 1.98. The highest BCUT2D eigenvalue weighted by atomic mass is 16.1. The summed E-state index contributed by atoms with van der Waals surface area (Å²) in [5.41, 5.74) is 0. The Morgan fingerprint density at radius 1 is 1.42 bits per heavy atom. The topological polar surface area (TPSA) is 40.9 Å². The lowest BCUT2D eigenvalue weighted by atomic mass is 9.98. The Morgan fingerprint density at radius 3 is 2.58 bits per heavy atom. The van der Waals surface area contributed by atoms with Crippen molar-refractivity contribution in [3.05, 3.63) is 0 Å². The molecule has 0 aliphatic rings. The van der Waals surface area contributed by atoms with Gasteiger partial charge in [0, 0.05) is 12.3 Å². The van der Waals surface area contributed by atoms with Crippen LogP contribution in [0.2, 0.25) is 0 Å². The zero-order valence-corrected chi connectivity index (χ0v) is 7.75. The van der Waals surface area contributed by atoms with Crippen molar-refractivity contribution in [2.45, 2.75) is 45.4 Å². The van der Waals surface area contributed by atoms with Crippen LogP contribution in [0.5, 0.6) is 0 Å². The summed E-state index contributed by atoms with van der Waals surface area (Å²) in [6, 6.07) is 2.09. The fourth-order valence-electron chi connectivity index (χ4n) is 1.19. The average Bonchev–Trinajstić information content (AvgIpc) is 2.11. The Kier molecular flexibility index (Phi) is 7.68. The van der Waals surface area contributed by atoms with Gasteiger partial charge >= 0.3 is 0 Å². The van der Waals surface area contributed by atoms with E-state index in [4.69, 9.17) is 5.26 Å². The predicted octanol–water partition coefficient (Wildman–Crippen LogP) is 2.69. The van der Waals surface area contributed by atoms with Crippen LogP contribution in [0.3, 0.4) is 0 Å². The van der Waals surface area contributed by atoms with E-state index >= 15 is 0 Å². The van der Waals surface area contributed by atoms with E-state index in [9.17, 15) is 4.79 Å². The third-order valence-corrected chi connectivity index (χ3v) is 1.98. The molecule has 0 saturated carbocycles. The molecule has 1 atom stereocenters. The molecule has 0 fully saturated rings. The molecule has 0 aromatic rings. The molecule has 0 N–H and O–H groups in total. The van der Waals surface area contributed by atoms with Gasteiger partial charge in [0.1, 0.15) is 6.29 Å². The SMILES string of the molecule is CCCCC(C=O)CCCC#N. The van der Waals surface area contributed by atoms with Crippen molar-refractivity contribution in [1.82, 2.24) is 0 Å². The summed E-state index contributed by atoms with van der Waals surface area (Å²) in [7, 11) is 0. The molecule has 0 radical (unpaired) electrons. The van der Waals surface area contributed by atoms with Gasteiger partial charge in [0.25, 0.3) is 0 Å². The maximum absolute atomic E-state index is 10.5. The summed E-state index contributed by atoms with van der Waals surface area (Å²) in [5.74, 6) is 0.193. The quantitative estimate of drug-likeness (QED) is 0.432. The Morgan fingerprint density at radius 2 is 2.08 bits per heavy atom. The molecule has 0 bridgehead atoms. The van der Waals surface area contributed by atoms with Crippen molar-refractivity contribution in [1.29, 1.82) is 5.26 Å². The highest BCUT2D eigenvalue weighted by Gasteiger charge is 2.05. The number of nitriles is 1. The van der Waals surface area contributed by atoms with Gasteiger partial charge < -0.3 is 4.79 Å². The Bertz CT molecular complexity index is 148. The molecule has 68 valence electrons. The second-order valence-corrected chi connectivity index (χ2v) is 3.09. The summed E-state index contributed by atoms with van der Waals surface area (Å²) in [4.78, 5) is 10.5. The lowest BCUT2D eigenvalue weighted by molar-refractivity contribution is -0.111. The van der Waals surface area contributed by atoms with Crippen LogP contribution >= 0.6 is 0 Å². The van der Waals surface area contributed by atoms with E-state index < -0.39 is 0 Å². The highest BCUT2D eigenvalue weighted by Crippen LogP contribution is 2.13. The first-order valence-electron chi connectivity index (χ1n) is 4.67. The number of nitrogens with zero attached hydrogens (tertiary/aromatic N) is 1. The van der Waals surface area contributed by atoms with Crippen molar-refractivity contribution < 1.29 is 4.79 Å². The minimum Gasteiger partial charge on any atom is -0.303 e. The lowest BCUT2D eigenvalue weighted by Gasteiger charge is -2.06. The van der Waals surface area contributed by atoms with Gasteiger partial charge in [-0.05, 0) is 19.3 Å². The van der Waals surface area contributed by atoms with Crippen LogP contribution in [0, 0.1) is 17.2 Å². The zero-order valence-electron chi connectivity index (χ0n) is 7.75. The molecular weight excluding hydrogens is 150 g/mol. The standard InChI is InChI=1S/C10H17NO/c1-2-3-6-10(9-12)7-4-5-8-11/h9-10H,2-7H2,1H3. The van der Waals surface area contributed by atoms with Crippen LogP contribution in [-0.2, 0) is 4.79 Å². The first-order valence-corrected chi connectivity index (χ1v) is 4.67. The maximum Gasteiger partial charge on any atom is 0.123 e. The fraction of sp³-hybridized carbons (Fsp3) is 0.800. The van der Waals surface area contributed by atoms with E-state index in [1.807, 2.05) is 0 Å². The van der Waals surface area contributed by atoms with Gasteiger partial charge in [-0.15, -0.1) is 0 Å². The van der Waals surface area contributed by atoms with Crippen molar-refractivity contribution in [2.75, 3.05) is 0 Å². The molecule has 0 heterocycles. The van der Waals surface area contributed by atoms with Gasteiger partial charge in [0.2, 0.25) is 0 Å². The third kappa shape index (κ3) is 5.91. The monoisotopic (exact) mass is 167 g/mol. The first-order chi connectivity index (χ1) is 5.85. The molecule has 2 nitrogen and oxygen atoms in total. The average molecular weight is 167 g/mol. The normalized spacial score (nSPS) is 12.0. The van der Waals surface area contributed by atoms with Gasteiger partial charge in [-0.25, -0.2) is 0 Å². The predicted molar refractivity (Wildman–Crippen MR) is 48.5 cm³/mol. The summed E-state index contributed by atoms with van der Waals surface area (Å²) < 4.78 is 0. The summed E-state index contributed by atoms with van der Waals surface area (Å²) >= 11 is 0. The van der Waals surface area contributed by atoms with E-state index in [0.717, 1.165) is 38.4 Å². The molecule has 0 amide bonds. The molecule has 0 rings (SSSR count). The summed E-state index contributed by atoms with van der Waals surface area (Å²) in [6.45, 7) is 2.12. The molecule has 0 aliphatic heterocycles. The minimum atomic E-state index is 0.193. The van der Waals surface area contributed by atoms with Crippen LogP contribution < -0.4 is 0 Å². The number of rotatable bonds is 7. The number of aldehydes is 1. The Labute approximate surface area is 74.6 Å². The van der Waals surface area contributed by atoms with Crippen molar-refractivity contribution >= 4 is 6.29 Å². The van der Waals surface area contributed by atoms with Crippen molar-refractivity contribution in [3.63, 3.8) is 0 Å². The minimum absolute atomic E-state index is 0.193. The maximum atomic E-state index is 10.5. The fourth-order valence-corrected chi connectivity index (χ4v) is 1.19. The molecule has 0 aromatic carbocycles. The van der Waals surface area contributed by atoms with Gasteiger partial charge in [-0.2, -0.15) is 5.26 Å². The Balaban J connectivity index is 3.40. The van der Waals surface area contributed by atoms with Gasteiger partial charge in [-0.1, -0.05) is 19.8 Å². The number of hydrogen-bond acceptors (Lipinski definition) is 2. The number of carbonyl (C=O) groups excluding carboxylic acids is 1. The first kappa shape index (κ1) is 11.2. The van der Waals surface area contributed by atoms with Crippen LogP contribution in [0.1, 0.15) is 45.4 Å². The van der Waals surface area contributed by atoms with Gasteiger partial charge in [0.05, 0.1) is 6.07 Å². The van der Waals surface area contributed by atoms with Crippen molar-refractivity contribution in [2.24, 2.45) is 5.92 Å². The molecule has 0 aromatic heterocycles. The highest BCUT2D eigenvalue weighted by molar-refractivity contribution is 5.53. The van der Waals surface area contributed by atoms with Crippen LogP contribution in [-0.4, -0.2) is 6.29 Å². The Hall–Kier alpha value is -0.840. The number of unbranched alkanes of at least 4 members (excludes halogenated alkanes) is 2. The van der Waals surface area contributed by atoms with E-state index in [0.29, 0.717) is 6.42 Å². The lowest BCUT2D eigenvalue weighted by Crippen LogP contribution is -2.01. The van der Waals surface area contributed by atoms with Crippen LogP contribution in [0.4, 0.5) is 0 Å². The molecule has 1 unspecified atom stereocenters. The molecule has 0 aliphatic carbocycles. The molecule has 0 saturated heterocycles. The second kappa shape index (κ2) is 8.26. The number of hydrogen-bond donors (Lipinski definition) is 0. The second-order valence-electron chi connectivity index (χ2n) is 3.09. The van der Waals surface area contributed by atoms with Gasteiger partial charge in [0.15, 0.2) is 0 Å². The van der Waals surface area contributed by atoms with E-state index in [-0.39, 0.29) is 5.92 Å².